The molecule has 4 atom stereocenters. The maximum absolute atomic E-state index is 14.4. The van der Waals surface area contributed by atoms with E-state index < -0.39 is 23.2 Å². The summed E-state index contributed by atoms with van der Waals surface area (Å²) in [7, 11) is 0. The van der Waals surface area contributed by atoms with Gasteiger partial charge < -0.3 is 5.32 Å². The van der Waals surface area contributed by atoms with Crippen molar-refractivity contribution in [2.24, 2.45) is 11.8 Å². The van der Waals surface area contributed by atoms with Crippen molar-refractivity contribution >= 4 is 39.9 Å². The van der Waals surface area contributed by atoms with Crippen molar-refractivity contribution in [3.63, 3.8) is 0 Å². The van der Waals surface area contributed by atoms with Crippen LogP contribution in [0.3, 0.4) is 0 Å². The molecule has 4 aliphatic rings. The van der Waals surface area contributed by atoms with Crippen molar-refractivity contribution in [2.75, 3.05) is 16.8 Å². The molecule has 33 heavy (non-hydrogen) atoms. The standard InChI is InChI=1S/C26H20FN3O3/c27-15-10-11-18-17(13-15)26(25(33)28-18)22-21(20-9-4-12-29(20)26)23(31)30(24(22)32)19-8-3-6-14-5-1-2-7-16(14)19/h1-3,5-8,10-11,13,20-22H,4,9,12H2,(H,28,33)/t20-,21+,22+,26-/m0/s1. The molecule has 3 fully saturated rings. The largest absolute Gasteiger partial charge is 0.324 e. The van der Waals surface area contributed by atoms with E-state index in [2.05, 4.69) is 5.32 Å². The molecular formula is C26H20FN3O3. The van der Waals surface area contributed by atoms with Crippen LogP contribution in [0, 0.1) is 17.7 Å². The van der Waals surface area contributed by atoms with E-state index in [1.165, 1.54) is 17.0 Å². The maximum atomic E-state index is 14.4. The number of imide groups is 1. The fourth-order valence-electron chi connectivity index (χ4n) is 6.82. The Bertz CT molecular complexity index is 1400. The van der Waals surface area contributed by atoms with Crippen LogP contribution in [0.1, 0.15) is 18.4 Å². The van der Waals surface area contributed by atoms with Crippen LogP contribution >= 0.6 is 0 Å². The minimum absolute atomic E-state index is 0.230. The smallest absolute Gasteiger partial charge is 0.250 e. The van der Waals surface area contributed by atoms with Gasteiger partial charge in [0, 0.05) is 22.7 Å². The number of rotatable bonds is 1. The molecule has 0 aliphatic carbocycles. The molecule has 7 heteroatoms. The van der Waals surface area contributed by atoms with E-state index in [-0.39, 0.29) is 23.8 Å². The summed E-state index contributed by atoms with van der Waals surface area (Å²) in [5, 5.41) is 4.61. The van der Waals surface area contributed by atoms with Crippen molar-refractivity contribution in [3.8, 4) is 0 Å². The van der Waals surface area contributed by atoms with Gasteiger partial charge in [-0.3, -0.25) is 19.3 Å². The number of fused-ring (bicyclic) bond motifs is 8. The summed E-state index contributed by atoms with van der Waals surface area (Å²) in [6.45, 7) is 0.593. The molecule has 0 bridgehead atoms. The van der Waals surface area contributed by atoms with Crippen molar-refractivity contribution < 1.29 is 18.8 Å². The summed E-state index contributed by atoms with van der Waals surface area (Å²) in [5.41, 5.74) is 0.148. The number of nitrogens with one attached hydrogen (secondary N) is 1. The van der Waals surface area contributed by atoms with Gasteiger partial charge >= 0.3 is 0 Å². The Morgan fingerprint density at radius 2 is 1.79 bits per heavy atom. The van der Waals surface area contributed by atoms with Crippen LogP contribution in [-0.4, -0.2) is 35.2 Å². The molecule has 7 rings (SSSR count). The number of hydrogen-bond acceptors (Lipinski definition) is 4. The highest BCUT2D eigenvalue weighted by Gasteiger charge is 2.74. The Labute approximate surface area is 189 Å². The van der Waals surface area contributed by atoms with Crippen LogP contribution in [0.15, 0.2) is 60.7 Å². The molecule has 0 aromatic heterocycles. The minimum Gasteiger partial charge on any atom is -0.324 e. The van der Waals surface area contributed by atoms with E-state index >= 15 is 0 Å². The summed E-state index contributed by atoms with van der Waals surface area (Å²) in [6.07, 6.45) is 1.55. The Balaban J connectivity index is 1.46. The predicted molar refractivity (Wildman–Crippen MR) is 120 cm³/mol. The third-order valence-electron chi connectivity index (χ3n) is 7.96. The first-order valence-corrected chi connectivity index (χ1v) is 11.3. The van der Waals surface area contributed by atoms with Crippen LogP contribution in [0.4, 0.5) is 15.8 Å². The molecule has 6 nitrogen and oxygen atoms in total. The predicted octanol–water partition coefficient (Wildman–Crippen LogP) is 3.41. The lowest BCUT2D eigenvalue weighted by Crippen LogP contribution is -2.54. The van der Waals surface area contributed by atoms with Crippen LogP contribution < -0.4 is 10.2 Å². The number of hydrogen-bond donors (Lipinski definition) is 1. The molecule has 4 aliphatic heterocycles. The van der Waals surface area contributed by atoms with Gasteiger partial charge in [0.1, 0.15) is 11.4 Å². The van der Waals surface area contributed by atoms with Gasteiger partial charge in [-0.1, -0.05) is 36.4 Å². The second-order valence-electron chi connectivity index (χ2n) is 9.33. The van der Waals surface area contributed by atoms with Gasteiger partial charge in [0.2, 0.25) is 17.7 Å². The van der Waals surface area contributed by atoms with Crippen molar-refractivity contribution in [1.82, 2.24) is 4.90 Å². The lowest BCUT2D eigenvalue weighted by Gasteiger charge is -2.36. The third-order valence-corrected chi connectivity index (χ3v) is 7.96. The van der Waals surface area contributed by atoms with Crippen molar-refractivity contribution in [1.29, 1.82) is 0 Å². The van der Waals surface area contributed by atoms with Gasteiger partial charge in [-0.25, -0.2) is 9.29 Å². The average Bonchev–Trinajstić information content (AvgIpc) is 3.52. The minimum atomic E-state index is -1.37. The summed E-state index contributed by atoms with van der Waals surface area (Å²) < 4.78 is 14.4. The second-order valence-corrected chi connectivity index (χ2v) is 9.33. The van der Waals surface area contributed by atoms with Crippen LogP contribution in [0.5, 0.6) is 0 Å². The van der Waals surface area contributed by atoms with Crippen LogP contribution in [0.25, 0.3) is 10.8 Å². The molecule has 3 amide bonds. The highest BCUT2D eigenvalue weighted by Crippen LogP contribution is 2.60. The molecule has 1 N–H and O–H groups in total. The summed E-state index contributed by atoms with van der Waals surface area (Å²) in [5.74, 6) is -3.00. The Morgan fingerprint density at radius 1 is 0.970 bits per heavy atom. The molecule has 1 spiro atoms. The van der Waals surface area contributed by atoms with Gasteiger partial charge in [-0.05, 0) is 49.0 Å². The molecule has 0 unspecified atom stereocenters. The van der Waals surface area contributed by atoms with Gasteiger partial charge in [-0.15, -0.1) is 0 Å². The molecule has 0 saturated carbocycles. The molecule has 0 radical (unpaired) electrons. The van der Waals surface area contributed by atoms with Crippen LogP contribution in [-0.2, 0) is 19.9 Å². The fraction of sp³-hybridized carbons (Fsp3) is 0.269. The number of carbonyl (C=O) groups is 3. The SMILES string of the molecule is O=C1[C@@H]2[C@@H]3CCCN3[C@]3(C(=O)Nc4ccc(F)cc43)[C@H]2C(=O)N1c1cccc2ccccc12. The maximum Gasteiger partial charge on any atom is 0.250 e. The van der Waals surface area contributed by atoms with E-state index in [0.717, 1.165) is 23.6 Å². The molecule has 164 valence electrons. The lowest BCUT2D eigenvalue weighted by atomic mass is 9.75. The number of anilines is 2. The Morgan fingerprint density at radius 3 is 2.67 bits per heavy atom. The topological polar surface area (TPSA) is 69.7 Å². The normalized spacial score (nSPS) is 30.3. The number of nitrogens with zero attached hydrogens (tertiary/aromatic N) is 2. The Kier molecular flexibility index (Phi) is 3.59. The zero-order chi connectivity index (χ0) is 22.5. The van der Waals surface area contributed by atoms with E-state index in [0.29, 0.717) is 23.5 Å². The van der Waals surface area contributed by atoms with Gasteiger partial charge in [0.05, 0.1) is 17.5 Å². The lowest BCUT2D eigenvalue weighted by molar-refractivity contribution is -0.135. The first-order chi connectivity index (χ1) is 16.0. The molecule has 3 aromatic rings. The third kappa shape index (κ3) is 2.13. The summed E-state index contributed by atoms with van der Waals surface area (Å²) in [6, 6.07) is 17.1. The monoisotopic (exact) mass is 441 g/mol. The average molecular weight is 441 g/mol. The van der Waals surface area contributed by atoms with Gasteiger partial charge in [0.15, 0.2) is 0 Å². The fourth-order valence-corrected chi connectivity index (χ4v) is 6.82. The second kappa shape index (κ2) is 6.26. The first-order valence-electron chi connectivity index (χ1n) is 11.3. The first kappa shape index (κ1) is 18.9. The van der Waals surface area contributed by atoms with Gasteiger partial charge in [0.25, 0.3) is 0 Å². The van der Waals surface area contributed by atoms with Crippen molar-refractivity contribution in [2.45, 2.75) is 24.4 Å². The van der Waals surface area contributed by atoms with E-state index in [1.807, 2.05) is 41.3 Å². The summed E-state index contributed by atoms with van der Waals surface area (Å²) in [4.78, 5) is 44.8. The highest BCUT2D eigenvalue weighted by atomic mass is 19.1. The highest BCUT2D eigenvalue weighted by molar-refractivity contribution is 6.28. The number of amides is 3. The molecule has 3 aromatic carbocycles. The van der Waals surface area contributed by atoms with E-state index in [4.69, 9.17) is 0 Å². The van der Waals surface area contributed by atoms with Gasteiger partial charge in [-0.2, -0.15) is 0 Å². The zero-order valence-corrected chi connectivity index (χ0v) is 17.6. The number of halogens is 1. The molecule has 3 saturated heterocycles. The molecule has 4 heterocycles. The quantitative estimate of drug-likeness (QED) is 0.588. The van der Waals surface area contributed by atoms with E-state index in [1.54, 1.807) is 12.1 Å². The zero-order valence-electron chi connectivity index (χ0n) is 17.6. The van der Waals surface area contributed by atoms with Crippen molar-refractivity contribution in [3.05, 3.63) is 72.0 Å². The van der Waals surface area contributed by atoms with E-state index in [9.17, 15) is 18.8 Å². The van der Waals surface area contributed by atoms with Crippen LogP contribution in [0.2, 0.25) is 0 Å². The number of carbonyl (C=O) groups excluding carboxylic acids is 3. The molecular weight excluding hydrogens is 421 g/mol. The summed E-state index contributed by atoms with van der Waals surface area (Å²) >= 11 is 0. The Hall–Kier alpha value is -3.58. The number of benzene rings is 3.